The number of aliphatic hydroxyl groups excluding tert-OH is 1. The van der Waals surface area contributed by atoms with Crippen molar-refractivity contribution in [1.82, 2.24) is 4.90 Å². The van der Waals surface area contributed by atoms with E-state index in [1.807, 2.05) is 30.3 Å². The number of aryl methyl sites for hydroxylation is 1. The van der Waals surface area contributed by atoms with Gasteiger partial charge in [-0.2, -0.15) is 0 Å². The maximum Gasteiger partial charge on any atom is 0.417 e. The summed E-state index contributed by atoms with van der Waals surface area (Å²) in [6.45, 7) is 4.40. The Morgan fingerprint density at radius 2 is 1.82 bits per heavy atom. The Labute approximate surface area is 235 Å². The molecular weight excluding hydrogens is 578 g/mol. The summed E-state index contributed by atoms with van der Waals surface area (Å²) in [5.41, 5.74) is 0.750. The van der Waals surface area contributed by atoms with Crippen molar-refractivity contribution in [3.63, 3.8) is 0 Å². The van der Waals surface area contributed by atoms with Crippen LogP contribution in [0.25, 0.3) is 0 Å². The van der Waals surface area contributed by atoms with Gasteiger partial charge in [-0.3, -0.25) is 9.59 Å². The largest absolute Gasteiger partial charge is 0.461 e. The van der Waals surface area contributed by atoms with Crippen LogP contribution in [0.4, 0.5) is 4.79 Å². The zero-order valence-electron chi connectivity index (χ0n) is 22.2. The number of carbonyl (C=O) groups excluding carboxylic acids is 3. The molecule has 2 amide bonds. The third-order valence-corrected chi connectivity index (χ3v) is 6.73. The second kappa shape index (κ2) is 15.1. The minimum Gasteiger partial charge on any atom is -0.461 e. The molecule has 1 aromatic carbocycles. The van der Waals surface area contributed by atoms with Gasteiger partial charge in [0.2, 0.25) is 0 Å². The van der Waals surface area contributed by atoms with E-state index in [0.29, 0.717) is 42.9 Å². The molecule has 11 nitrogen and oxygen atoms in total. The van der Waals surface area contributed by atoms with E-state index in [2.05, 4.69) is 15.9 Å². The number of methoxy groups -OCH3 is 1. The summed E-state index contributed by atoms with van der Waals surface area (Å²) in [4.78, 5) is 39.4. The minimum absolute atomic E-state index is 0.0337. The van der Waals surface area contributed by atoms with E-state index in [1.165, 1.54) is 14.0 Å². The fourth-order valence-corrected chi connectivity index (χ4v) is 4.75. The maximum absolute atomic E-state index is 13.6. The third-order valence-electron chi connectivity index (χ3n) is 6.06. The first-order valence-electron chi connectivity index (χ1n) is 12.6. The number of carbonyl (C=O) groups is 3. The fourth-order valence-electron chi connectivity index (χ4n) is 4.24. The number of rotatable bonds is 15. The number of aliphatic hydroxyl groups is 1. The first kappa shape index (κ1) is 30.8. The van der Waals surface area contributed by atoms with Crippen molar-refractivity contribution in [1.29, 1.82) is 0 Å². The second-order valence-electron chi connectivity index (χ2n) is 8.82. The summed E-state index contributed by atoms with van der Waals surface area (Å²) >= 11 is 3.46. The summed E-state index contributed by atoms with van der Waals surface area (Å²) in [5, 5.41) is 8.70. The third kappa shape index (κ3) is 8.12. The van der Waals surface area contributed by atoms with Gasteiger partial charge in [-0.25, -0.2) is 9.69 Å². The van der Waals surface area contributed by atoms with Gasteiger partial charge in [0, 0.05) is 27.1 Å². The van der Waals surface area contributed by atoms with Crippen LogP contribution in [-0.4, -0.2) is 80.3 Å². The Kier molecular flexibility index (Phi) is 11.9. The van der Waals surface area contributed by atoms with Crippen molar-refractivity contribution >= 4 is 33.9 Å². The summed E-state index contributed by atoms with van der Waals surface area (Å²) in [6, 6.07) is 10.1. The Balaban J connectivity index is 1.71. The number of amides is 2. The highest BCUT2D eigenvalue weighted by molar-refractivity contribution is 9.10. The molecule has 3 rings (SSSR count). The van der Waals surface area contributed by atoms with E-state index >= 15 is 0 Å². The van der Waals surface area contributed by atoms with Gasteiger partial charge in [0.25, 0.3) is 5.91 Å². The van der Waals surface area contributed by atoms with Crippen molar-refractivity contribution in [3.05, 3.63) is 58.0 Å². The smallest absolute Gasteiger partial charge is 0.417 e. The van der Waals surface area contributed by atoms with Gasteiger partial charge in [-0.15, -0.1) is 0 Å². The molecule has 2 heterocycles. The number of benzene rings is 1. The zero-order chi connectivity index (χ0) is 28.4. The molecule has 12 heteroatoms. The van der Waals surface area contributed by atoms with Crippen LogP contribution in [0.5, 0.6) is 0 Å². The standard InChI is InChI=1S/C27H34BrNO10/c1-17-23(19-8-5-4-6-9-19)39-27(33)29(17)26(32)25(34-3)24(37-18(2)31)22-16-20(28)21(38-22)10-7-12-35-14-15-36-13-11-30/h4-6,8-9,16-17,23-25,30H,7,10-15H2,1-3H3. The molecule has 1 N–H and O–H groups in total. The number of hydrogen-bond donors (Lipinski definition) is 1. The Hall–Kier alpha value is -2.77. The highest BCUT2D eigenvalue weighted by Crippen LogP contribution is 2.36. The molecule has 214 valence electrons. The summed E-state index contributed by atoms with van der Waals surface area (Å²) in [7, 11) is 1.29. The van der Waals surface area contributed by atoms with Crippen molar-refractivity contribution in [2.24, 2.45) is 0 Å². The van der Waals surface area contributed by atoms with Crippen LogP contribution in [0.1, 0.15) is 49.6 Å². The Morgan fingerprint density at radius 1 is 1.13 bits per heavy atom. The van der Waals surface area contributed by atoms with Crippen molar-refractivity contribution in [2.45, 2.75) is 51.0 Å². The number of cyclic esters (lactones) is 1. The molecule has 1 aliphatic heterocycles. The number of halogens is 1. The maximum atomic E-state index is 13.6. The minimum atomic E-state index is -1.37. The predicted molar refractivity (Wildman–Crippen MR) is 141 cm³/mol. The molecule has 0 bridgehead atoms. The number of hydrogen-bond acceptors (Lipinski definition) is 10. The summed E-state index contributed by atoms with van der Waals surface area (Å²) < 4.78 is 33.7. The van der Waals surface area contributed by atoms with Crippen LogP contribution in [-0.2, 0) is 39.7 Å². The Bertz CT molecular complexity index is 1090. The van der Waals surface area contributed by atoms with E-state index in [1.54, 1.807) is 13.0 Å². The lowest BCUT2D eigenvalue weighted by atomic mass is 10.0. The average Bonchev–Trinajstić information content (AvgIpc) is 3.43. The second-order valence-corrected chi connectivity index (χ2v) is 9.68. The predicted octanol–water partition coefficient (Wildman–Crippen LogP) is 3.73. The van der Waals surface area contributed by atoms with Gasteiger partial charge in [-0.1, -0.05) is 30.3 Å². The number of esters is 1. The quantitative estimate of drug-likeness (QED) is 0.234. The number of ether oxygens (including phenoxy) is 5. The molecule has 0 radical (unpaired) electrons. The molecule has 1 saturated heterocycles. The van der Waals surface area contributed by atoms with E-state index in [-0.39, 0.29) is 19.0 Å². The van der Waals surface area contributed by atoms with E-state index in [0.717, 1.165) is 10.5 Å². The summed E-state index contributed by atoms with van der Waals surface area (Å²) in [5.74, 6) is -0.612. The van der Waals surface area contributed by atoms with E-state index in [9.17, 15) is 14.4 Å². The lowest BCUT2D eigenvalue weighted by molar-refractivity contribution is -0.164. The molecule has 0 aliphatic carbocycles. The monoisotopic (exact) mass is 611 g/mol. The van der Waals surface area contributed by atoms with Crippen LogP contribution in [0.15, 0.2) is 45.3 Å². The molecule has 1 aromatic heterocycles. The Morgan fingerprint density at radius 3 is 2.46 bits per heavy atom. The normalized spacial score (nSPS) is 18.6. The molecule has 39 heavy (non-hydrogen) atoms. The molecule has 1 aliphatic rings. The average molecular weight is 612 g/mol. The van der Waals surface area contributed by atoms with Crippen molar-refractivity contribution < 1.29 is 47.6 Å². The molecule has 4 unspecified atom stereocenters. The topological polar surface area (TPSA) is 134 Å². The van der Waals surface area contributed by atoms with E-state index < -0.39 is 42.3 Å². The van der Waals surface area contributed by atoms with Crippen molar-refractivity contribution in [3.8, 4) is 0 Å². The van der Waals surface area contributed by atoms with Crippen LogP contribution in [0, 0.1) is 0 Å². The van der Waals surface area contributed by atoms with E-state index in [4.69, 9.17) is 33.2 Å². The number of furan rings is 1. The summed E-state index contributed by atoms with van der Waals surface area (Å²) in [6.07, 6.45) is -2.94. The lowest BCUT2D eigenvalue weighted by Crippen LogP contribution is -2.47. The van der Waals surface area contributed by atoms with Crippen LogP contribution in [0.3, 0.4) is 0 Å². The van der Waals surface area contributed by atoms with Crippen molar-refractivity contribution in [2.75, 3.05) is 40.1 Å². The first-order valence-corrected chi connectivity index (χ1v) is 13.4. The van der Waals surface area contributed by atoms with Gasteiger partial charge >= 0.3 is 12.1 Å². The van der Waals surface area contributed by atoms with Crippen LogP contribution >= 0.6 is 15.9 Å². The van der Waals surface area contributed by atoms with Gasteiger partial charge in [0.05, 0.1) is 36.9 Å². The van der Waals surface area contributed by atoms with Crippen LogP contribution < -0.4 is 0 Å². The molecular formula is C27H34BrNO10. The number of nitrogens with zero attached hydrogens (tertiary/aromatic N) is 1. The first-order chi connectivity index (χ1) is 18.8. The SMILES string of the molecule is COC(C(=O)N1C(=O)OC(c2ccccc2)C1C)C(OC(C)=O)c1cc(Br)c(CCCOCCOCCO)o1. The zero-order valence-corrected chi connectivity index (χ0v) is 23.8. The van der Waals surface area contributed by atoms with Gasteiger partial charge in [-0.05, 0) is 40.9 Å². The molecule has 2 aromatic rings. The highest BCUT2D eigenvalue weighted by atomic mass is 79.9. The van der Waals surface area contributed by atoms with Gasteiger partial charge in [0.15, 0.2) is 12.2 Å². The van der Waals surface area contributed by atoms with Gasteiger partial charge in [0.1, 0.15) is 17.6 Å². The van der Waals surface area contributed by atoms with Crippen LogP contribution in [0.2, 0.25) is 0 Å². The molecule has 0 saturated carbocycles. The molecule has 0 spiro atoms. The number of imide groups is 1. The van der Waals surface area contributed by atoms with Gasteiger partial charge < -0.3 is 33.2 Å². The lowest BCUT2D eigenvalue weighted by Gasteiger charge is -2.27. The molecule has 1 fully saturated rings. The fraction of sp³-hybridized carbons (Fsp3) is 0.519. The molecule has 4 atom stereocenters. The highest BCUT2D eigenvalue weighted by Gasteiger charge is 2.48.